The summed E-state index contributed by atoms with van der Waals surface area (Å²) in [6, 6.07) is 7.24. The van der Waals surface area contributed by atoms with Gasteiger partial charge in [-0.05, 0) is 24.3 Å². The molecule has 0 aliphatic carbocycles. The Morgan fingerprint density at radius 3 is 2.68 bits per heavy atom. The van der Waals surface area contributed by atoms with Gasteiger partial charge in [0, 0.05) is 17.3 Å². The third kappa shape index (κ3) is 2.71. The molecule has 0 saturated heterocycles. The molecule has 2 N–H and O–H groups in total. The van der Waals surface area contributed by atoms with Crippen LogP contribution in [-0.2, 0) is 14.3 Å². The zero-order chi connectivity index (χ0) is 15.5. The molecule has 7 heteroatoms. The van der Waals surface area contributed by atoms with Gasteiger partial charge in [0.1, 0.15) is 12.3 Å². The van der Waals surface area contributed by atoms with E-state index in [1.165, 1.54) is 6.08 Å². The number of nitrogens with one attached hydrogen (secondary N) is 1. The second kappa shape index (κ2) is 5.98. The second-order valence-corrected chi connectivity index (χ2v) is 4.81. The van der Waals surface area contributed by atoms with Crippen LogP contribution in [-0.4, -0.2) is 54.0 Å². The minimum Gasteiger partial charge on any atom is -0.476 e. The van der Waals surface area contributed by atoms with Crippen LogP contribution >= 0.6 is 0 Å². The topological polar surface area (TPSA) is 91.2 Å². The Bertz CT molecular complexity index is 664. The number of anilines is 1. The van der Waals surface area contributed by atoms with Crippen LogP contribution in [0.3, 0.4) is 0 Å². The SMILES string of the molecule is O=C1C=C(Nc2ccc(C3=NCCO3)cc2)C(=O)N1CCO. The van der Waals surface area contributed by atoms with Crippen molar-refractivity contribution in [3.63, 3.8) is 0 Å². The van der Waals surface area contributed by atoms with Crippen LogP contribution in [0.1, 0.15) is 5.56 Å². The van der Waals surface area contributed by atoms with E-state index in [0.717, 1.165) is 10.5 Å². The molecular weight excluding hydrogens is 286 g/mol. The Morgan fingerprint density at radius 1 is 1.27 bits per heavy atom. The molecule has 3 rings (SSSR count). The van der Waals surface area contributed by atoms with E-state index in [0.29, 0.717) is 24.7 Å². The monoisotopic (exact) mass is 301 g/mol. The summed E-state index contributed by atoms with van der Waals surface area (Å²) in [5, 5.41) is 11.8. The number of aliphatic hydroxyl groups is 1. The van der Waals surface area contributed by atoms with Crippen molar-refractivity contribution in [3.05, 3.63) is 41.6 Å². The number of nitrogens with zero attached hydrogens (tertiary/aromatic N) is 2. The van der Waals surface area contributed by atoms with Gasteiger partial charge in [0.05, 0.1) is 19.7 Å². The summed E-state index contributed by atoms with van der Waals surface area (Å²) in [6.07, 6.45) is 1.23. The van der Waals surface area contributed by atoms with Gasteiger partial charge in [-0.25, -0.2) is 4.99 Å². The minimum absolute atomic E-state index is 0.00452. The van der Waals surface area contributed by atoms with E-state index in [1.807, 2.05) is 12.1 Å². The smallest absolute Gasteiger partial charge is 0.277 e. The van der Waals surface area contributed by atoms with Gasteiger partial charge in [-0.15, -0.1) is 0 Å². The van der Waals surface area contributed by atoms with Crippen molar-refractivity contribution in [1.82, 2.24) is 4.90 Å². The number of aliphatic imine (C=N–C) groups is 1. The number of imide groups is 1. The van der Waals surface area contributed by atoms with Crippen LogP contribution in [0, 0.1) is 0 Å². The van der Waals surface area contributed by atoms with Crippen LogP contribution < -0.4 is 5.32 Å². The Kier molecular flexibility index (Phi) is 3.88. The van der Waals surface area contributed by atoms with Crippen LogP contribution in [0.2, 0.25) is 0 Å². The number of aliphatic hydroxyl groups excluding tert-OH is 1. The van der Waals surface area contributed by atoms with Crippen molar-refractivity contribution < 1.29 is 19.4 Å². The lowest BCUT2D eigenvalue weighted by atomic mass is 10.2. The Hall–Kier alpha value is -2.67. The van der Waals surface area contributed by atoms with Gasteiger partial charge in [-0.1, -0.05) is 0 Å². The first kappa shape index (κ1) is 14.3. The highest BCUT2D eigenvalue weighted by Gasteiger charge is 2.30. The molecule has 0 unspecified atom stereocenters. The molecular formula is C15H15N3O4. The summed E-state index contributed by atoms with van der Waals surface area (Å²) in [5.41, 5.74) is 1.74. The molecule has 0 radical (unpaired) electrons. The lowest BCUT2D eigenvalue weighted by molar-refractivity contribution is -0.137. The van der Waals surface area contributed by atoms with Crippen molar-refractivity contribution in [2.75, 3.05) is 31.6 Å². The lowest BCUT2D eigenvalue weighted by Crippen LogP contribution is -2.34. The van der Waals surface area contributed by atoms with Gasteiger partial charge >= 0.3 is 0 Å². The van der Waals surface area contributed by atoms with Gasteiger partial charge in [0.2, 0.25) is 5.90 Å². The molecule has 2 aliphatic heterocycles. The number of hydrogen-bond acceptors (Lipinski definition) is 6. The Balaban J connectivity index is 1.70. The fraction of sp³-hybridized carbons (Fsp3) is 0.267. The Labute approximate surface area is 126 Å². The van der Waals surface area contributed by atoms with E-state index in [1.54, 1.807) is 12.1 Å². The zero-order valence-corrected chi connectivity index (χ0v) is 11.8. The normalized spacial score (nSPS) is 17.4. The fourth-order valence-electron chi connectivity index (χ4n) is 2.27. The lowest BCUT2D eigenvalue weighted by Gasteiger charge is -2.13. The van der Waals surface area contributed by atoms with Crippen molar-refractivity contribution in [2.45, 2.75) is 0 Å². The molecule has 2 amide bonds. The second-order valence-electron chi connectivity index (χ2n) is 4.81. The van der Waals surface area contributed by atoms with Crippen molar-refractivity contribution in [2.24, 2.45) is 4.99 Å². The maximum absolute atomic E-state index is 12.0. The predicted octanol–water partition coefficient (Wildman–Crippen LogP) is 0.120. The quantitative estimate of drug-likeness (QED) is 0.754. The summed E-state index contributed by atoms with van der Waals surface area (Å²) >= 11 is 0. The number of carbonyl (C=O) groups excluding carboxylic acids is 2. The summed E-state index contributed by atoms with van der Waals surface area (Å²) in [4.78, 5) is 28.9. The molecule has 0 bridgehead atoms. The van der Waals surface area contributed by atoms with Crippen molar-refractivity contribution >= 4 is 23.4 Å². The van der Waals surface area contributed by atoms with Crippen molar-refractivity contribution in [3.8, 4) is 0 Å². The van der Waals surface area contributed by atoms with Gasteiger partial charge in [-0.2, -0.15) is 0 Å². The predicted molar refractivity (Wildman–Crippen MR) is 79.3 cm³/mol. The van der Waals surface area contributed by atoms with Crippen LogP contribution in [0.15, 0.2) is 41.0 Å². The minimum atomic E-state index is -0.438. The van der Waals surface area contributed by atoms with E-state index in [-0.39, 0.29) is 18.8 Å². The molecule has 0 fully saturated rings. The third-order valence-corrected chi connectivity index (χ3v) is 3.33. The maximum atomic E-state index is 12.0. The molecule has 0 spiro atoms. The third-order valence-electron chi connectivity index (χ3n) is 3.33. The van der Waals surface area contributed by atoms with Crippen LogP contribution in [0.4, 0.5) is 5.69 Å². The van der Waals surface area contributed by atoms with Crippen LogP contribution in [0.25, 0.3) is 0 Å². The number of β-amino-alcohol motifs (C(OH)–C–C–N with tert-alkyl or cyclic N) is 1. The molecule has 114 valence electrons. The van der Waals surface area contributed by atoms with Crippen molar-refractivity contribution in [1.29, 1.82) is 0 Å². The molecule has 0 atom stereocenters. The molecule has 0 aromatic heterocycles. The standard InChI is InChI=1S/C15H15N3O4/c19-7-6-18-13(20)9-12(15(18)21)17-11-3-1-10(2-4-11)14-16-5-8-22-14/h1-4,9,17,19H,5-8H2. The van der Waals surface area contributed by atoms with Gasteiger partial charge in [-0.3, -0.25) is 14.5 Å². The number of benzene rings is 1. The summed E-state index contributed by atoms with van der Waals surface area (Å²) < 4.78 is 5.37. The molecule has 2 heterocycles. The fourth-order valence-corrected chi connectivity index (χ4v) is 2.27. The van der Waals surface area contributed by atoms with E-state index in [2.05, 4.69) is 10.3 Å². The number of amides is 2. The number of hydrogen-bond donors (Lipinski definition) is 2. The van der Waals surface area contributed by atoms with Gasteiger partial charge < -0.3 is 15.2 Å². The highest BCUT2D eigenvalue weighted by molar-refractivity contribution is 6.17. The summed E-state index contributed by atoms with van der Waals surface area (Å²) in [6.45, 7) is 1.00. The largest absolute Gasteiger partial charge is 0.476 e. The molecule has 1 aromatic rings. The van der Waals surface area contributed by atoms with E-state index >= 15 is 0 Å². The average Bonchev–Trinajstić information content (AvgIpc) is 3.13. The molecule has 22 heavy (non-hydrogen) atoms. The first-order valence-corrected chi connectivity index (χ1v) is 6.92. The molecule has 7 nitrogen and oxygen atoms in total. The van der Waals surface area contributed by atoms with Gasteiger partial charge in [0.25, 0.3) is 11.8 Å². The molecule has 0 saturated carbocycles. The summed E-state index contributed by atoms with van der Waals surface area (Å²) in [7, 11) is 0. The summed E-state index contributed by atoms with van der Waals surface area (Å²) in [5.74, 6) is -0.245. The average molecular weight is 301 g/mol. The van der Waals surface area contributed by atoms with E-state index in [9.17, 15) is 9.59 Å². The zero-order valence-electron chi connectivity index (χ0n) is 11.8. The number of carbonyl (C=O) groups is 2. The molecule has 2 aliphatic rings. The molecule has 1 aromatic carbocycles. The van der Waals surface area contributed by atoms with E-state index in [4.69, 9.17) is 9.84 Å². The first-order chi connectivity index (χ1) is 10.7. The highest BCUT2D eigenvalue weighted by Crippen LogP contribution is 2.18. The maximum Gasteiger partial charge on any atom is 0.277 e. The Morgan fingerprint density at radius 2 is 2.05 bits per heavy atom. The van der Waals surface area contributed by atoms with Crippen LogP contribution in [0.5, 0.6) is 0 Å². The van der Waals surface area contributed by atoms with Gasteiger partial charge in [0.15, 0.2) is 0 Å². The first-order valence-electron chi connectivity index (χ1n) is 6.92. The number of ether oxygens (including phenoxy) is 1. The highest BCUT2D eigenvalue weighted by atomic mass is 16.5. The number of rotatable bonds is 5. The van der Waals surface area contributed by atoms with E-state index < -0.39 is 11.8 Å².